The van der Waals surface area contributed by atoms with Gasteiger partial charge in [-0.25, -0.2) is 4.39 Å². The average molecular weight is 451 g/mol. The third kappa shape index (κ3) is 3.77. The molecule has 2 bridgehead atoms. The fourth-order valence-electron chi connectivity index (χ4n) is 4.38. The molecule has 4 atom stereocenters. The summed E-state index contributed by atoms with van der Waals surface area (Å²) in [5, 5.41) is 5.62. The topological polar surface area (TPSA) is 56.2 Å². The number of alkyl halides is 6. The Morgan fingerprint density at radius 1 is 1.13 bits per heavy atom. The van der Waals surface area contributed by atoms with Crippen molar-refractivity contribution in [2.24, 2.45) is 13.0 Å². The molecule has 4 rings (SSSR count). The number of hydrogen-bond acceptors (Lipinski definition) is 3. The number of nitrogens with zero attached hydrogens (tertiary/aromatic N) is 2. The maximum absolute atomic E-state index is 14.3. The van der Waals surface area contributed by atoms with Gasteiger partial charge < -0.3 is 10.1 Å². The van der Waals surface area contributed by atoms with Crippen LogP contribution in [-0.2, 0) is 28.9 Å². The number of fused-ring (bicyclic) bond motifs is 2. The summed E-state index contributed by atoms with van der Waals surface area (Å²) in [6.07, 6.45) is -9.88. The largest absolute Gasteiger partial charge is 0.435 e. The molecule has 168 valence electrons. The molecule has 12 heteroatoms. The van der Waals surface area contributed by atoms with Crippen molar-refractivity contribution in [3.8, 4) is 0 Å². The number of rotatable bonds is 3. The molecule has 0 saturated carbocycles. The smallest absolute Gasteiger partial charge is 0.373 e. The Hall–Kier alpha value is -2.63. The van der Waals surface area contributed by atoms with E-state index in [0.717, 1.165) is 22.9 Å². The van der Waals surface area contributed by atoms with Gasteiger partial charge in [0.25, 0.3) is 0 Å². The Morgan fingerprint density at radius 3 is 2.42 bits per heavy atom. The van der Waals surface area contributed by atoms with Crippen LogP contribution in [0.15, 0.2) is 24.3 Å². The van der Waals surface area contributed by atoms with Crippen molar-refractivity contribution in [1.29, 1.82) is 0 Å². The molecule has 2 aliphatic rings. The summed E-state index contributed by atoms with van der Waals surface area (Å²) in [5.74, 6) is -4.28. The Bertz CT molecular complexity index is 1010. The molecule has 0 spiro atoms. The molecule has 3 heterocycles. The summed E-state index contributed by atoms with van der Waals surface area (Å²) in [6, 6.07) is 3.31. The van der Waals surface area contributed by atoms with E-state index < -0.39 is 65.1 Å². The van der Waals surface area contributed by atoms with Crippen LogP contribution in [0.1, 0.15) is 35.7 Å². The molecule has 1 amide bonds. The highest BCUT2D eigenvalue weighted by Crippen LogP contribution is 2.50. The molecule has 4 unspecified atom stereocenters. The lowest BCUT2D eigenvalue weighted by Crippen LogP contribution is -2.37. The Morgan fingerprint density at radius 2 is 1.81 bits per heavy atom. The predicted octanol–water partition coefficient (Wildman–Crippen LogP) is 4.50. The Balaban J connectivity index is 1.65. The van der Waals surface area contributed by atoms with Gasteiger partial charge in [-0.3, -0.25) is 9.48 Å². The normalized spacial score (nSPS) is 25.8. The van der Waals surface area contributed by atoms with Crippen molar-refractivity contribution in [1.82, 2.24) is 9.78 Å². The Labute approximate surface area is 171 Å². The zero-order chi connectivity index (χ0) is 22.7. The molecule has 2 aliphatic heterocycles. The average Bonchev–Trinajstić information content (AvgIpc) is 3.35. The predicted molar refractivity (Wildman–Crippen MR) is 92.4 cm³/mol. The molecular weight excluding hydrogens is 435 g/mol. The summed E-state index contributed by atoms with van der Waals surface area (Å²) < 4.78 is 99.0. The van der Waals surface area contributed by atoms with E-state index in [0.29, 0.717) is 18.9 Å². The van der Waals surface area contributed by atoms with Crippen molar-refractivity contribution < 1.29 is 40.3 Å². The molecule has 2 aromatic rings. The summed E-state index contributed by atoms with van der Waals surface area (Å²) in [6.45, 7) is 0. The molecule has 2 saturated heterocycles. The van der Waals surface area contributed by atoms with Crippen LogP contribution in [0.5, 0.6) is 0 Å². The van der Waals surface area contributed by atoms with Gasteiger partial charge in [0.15, 0.2) is 11.5 Å². The summed E-state index contributed by atoms with van der Waals surface area (Å²) in [5.41, 5.74) is -3.21. The maximum Gasteiger partial charge on any atom is 0.435 e. The molecule has 0 aliphatic carbocycles. The fraction of sp³-hybridized carbons (Fsp3) is 0.474. The standard InChI is InChI=1S/C19H16F7N3O2/c1-29-10(7-13(28-29)19(24,25)26)14-11-5-6-12(31-11)15(14)17(30)27-9-4-2-3-8(16(9)20)18(21,22)23/h2-4,7,11-12,14-15H,5-6H2,1H3,(H,27,30). The van der Waals surface area contributed by atoms with Gasteiger partial charge in [-0.05, 0) is 31.0 Å². The quantitative estimate of drug-likeness (QED) is 0.700. The van der Waals surface area contributed by atoms with E-state index in [4.69, 9.17) is 4.74 Å². The van der Waals surface area contributed by atoms with E-state index in [9.17, 15) is 35.5 Å². The zero-order valence-electron chi connectivity index (χ0n) is 15.9. The van der Waals surface area contributed by atoms with E-state index in [1.165, 1.54) is 7.05 Å². The number of anilines is 1. The molecule has 1 N–H and O–H groups in total. The van der Waals surface area contributed by atoms with Gasteiger partial charge in [-0.15, -0.1) is 0 Å². The molecular formula is C19H16F7N3O2. The van der Waals surface area contributed by atoms with Crippen LogP contribution in [0.4, 0.5) is 36.4 Å². The van der Waals surface area contributed by atoms with Crippen molar-refractivity contribution >= 4 is 11.6 Å². The molecule has 1 aromatic carbocycles. The minimum atomic E-state index is -4.95. The third-order valence-corrected chi connectivity index (χ3v) is 5.69. The van der Waals surface area contributed by atoms with Crippen LogP contribution in [-0.4, -0.2) is 27.9 Å². The van der Waals surface area contributed by atoms with Gasteiger partial charge in [0.1, 0.15) is 0 Å². The molecule has 31 heavy (non-hydrogen) atoms. The second-order valence-corrected chi connectivity index (χ2v) is 7.57. The van der Waals surface area contributed by atoms with E-state index >= 15 is 0 Å². The van der Waals surface area contributed by atoms with Crippen LogP contribution in [0.3, 0.4) is 0 Å². The number of aromatic nitrogens is 2. The van der Waals surface area contributed by atoms with Crippen LogP contribution >= 0.6 is 0 Å². The van der Waals surface area contributed by atoms with Crippen molar-refractivity contribution in [2.45, 2.75) is 43.3 Å². The monoisotopic (exact) mass is 451 g/mol. The second kappa shape index (κ2) is 7.21. The lowest BCUT2D eigenvalue weighted by atomic mass is 9.76. The number of nitrogens with one attached hydrogen (secondary N) is 1. The van der Waals surface area contributed by atoms with Gasteiger partial charge in [-0.2, -0.15) is 31.4 Å². The molecule has 2 fully saturated rings. The lowest BCUT2D eigenvalue weighted by Gasteiger charge is -2.27. The van der Waals surface area contributed by atoms with Crippen LogP contribution < -0.4 is 5.32 Å². The van der Waals surface area contributed by atoms with Gasteiger partial charge >= 0.3 is 12.4 Å². The number of hydrogen-bond donors (Lipinski definition) is 1. The maximum atomic E-state index is 14.3. The van der Waals surface area contributed by atoms with E-state index in [1.807, 2.05) is 0 Å². The van der Waals surface area contributed by atoms with Gasteiger partial charge in [0.2, 0.25) is 5.91 Å². The first-order chi connectivity index (χ1) is 14.4. The first-order valence-corrected chi connectivity index (χ1v) is 9.31. The van der Waals surface area contributed by atoms with Gasteiger partial charge in [-0.1, -0.05) is 6.07 Å². The van der Waals surface area contributed by atoms with Crippen LogP contribution in [0.2, 0.25) is 0 Å². The highest BCUT2D eigenvalue weighted by Gasteiger charge is 2.54. The minimum absolute atomic E-state index is 0.115. The summed E-state index contributed by atoms with van der Waals surface area (Å²) in [7, 11) is 1.30. The number of benzene rings is 1. The highest BCUT2D eigenvalue weighted by molar-refractivity contribution is 5.94. The van der Waals surface area contributed by atoms with Gasteiger partial charge in [0, 0.05) is 18.7 Å². The van der Waals surface area contributed by atoms with E-state index in [1.54, 1.807) is 0 Å². The van der Waals surface area contributed by atoms with Crippen molar-refractivity contribution in [3.05, 3.63) is 47.0 Å². The number of amides is 1. The zero-order valence-corrected chi connectivity index (χ0v) is 15.9. The van der Waals surface area contributed by atoms with E-state index in [2.05, 4.69) is 10.4 Å². The van der Waals surface area contributed by atoms with E-state index in [-0.39, 0.29) is 5.69 Å². The highest BCUT2D eigenvalue weighted by atomic mass is 19.4. The first-order valence-electron chi connectivity index (χ1n) is 9.31. The fourth-order valence-corrected chi connectivity index (χ4v) is 4.38. The van der Waals surface area contributed by atoms with Crippen LogP contribution in [0, 0.1) is 11.7 Å². The second-order valence-electron chi connectivity index (χ2n) is 7.57. The van der Waals surface area contributed by atoms with Crippen molar-refractivity contribution in [3.63, 3.8) is 0 Å². The number of aryl methyl sites for hydroxylation is 1. The minimum Gasteiger partial charge on any atom is -0.373 e. The Kier molecular flexibility index (Phi) is 5.02. The lowest BCUT2D eigenvalue weighted by molar-refractivity contribution is -0.141. The molecule has 0 radical (unpaired) electrons. The molecule has 1 aromatic heterocycles. The van der Waals surface area contributed by atoms with Crippen molar-refractivity contribution in [2.75, 3.05) is 5.32 Å². The summed E-state index contributed by atoms with van der Waals surface area (Å²) >= 11 is 0. The summed E-state index contributed by atoms with van der Waals surface area (Å²) in [4.78, 5) is 12.9. The number of halogens is 7. The number of ether oxygens (including phenoxy) is 1. The van der Waals surface area contributed by atoms with Crippen LogP contribution in [0.25, 0.3) is 0 Å². The number of carbonyl (C=O) groups is 1. The van der Waals surface area contributed by atoms with Gasteiger partial charge in [0.05, 0.1) is 29.4 Å². The first kappa shape index (κ1) is 21.6. The SMILES string of the molecule is Cn1nc(C(F)(F)F)cc1C1C2CCC(O2)C1C(=O)Nc1cccc(C(F)(F)F)c1F. The number of carbonyl (C=O) groups excluding carboxylic acids is 1. The molecule has 5 nitrogen and oxygen atoms in total. The third-order valence-electron chi connectivity index (χ3n) is 5.69.